The smallest absolute Gasteiger partial charge is 0.321 e. The topological polar surface area (TPSA) is 55.8 Å². The number of benzene rings is 3. The fourth-order valence-corrected chi connectivity index (χ4v) is 5.43. The second-order valence-electron chi connectivity index (χ2n) is 9.13. The van der Waals surface area contributed by atoms with Crippen molar-refractivity contribution >= 4 is 11.7 Å². The molecule has 2 amide bonds. The fraction of sp³-hybridized carbons (Fsp3) is 0.321. The number of amides is 2. The summed E-state index contributed by atoms with van der Waals surface area (Å²) in [6, 6.07) is 24.4. The third-order valence-corrected chi connectivity index (χ3v) is 7.16. The molecular weight excluding hydrogens is 429 g/mol. The summed E-state index contributed by atoms with van der Waals surface area (Å²) < 4.78 is 14.2. The molecule has 2 aliphatic rings. The Bertz CT molecular complexity index is 1120. The molecule has 3 atom stereocenters. The number of anilines is 1. The Labute approximate surface area is 199 Å². The number of aliphatic hydroxyl groups is 1. The van der Waals surface area contributed by atoms with Crippen LogP contribution >= 0.6 is 0 Å². The van der Waals surface area contributed by atoms with E-state index in [0.29, 0.717) is 18.7 Å². The van der Waals surface area contributed by atoms with Crippen LogP contribution in [0.2, 0.25) is 0 Å². The fourth-order valence-electron chi connectivity index (χ4n) is 5.43. The maximum Gasteiger partial charge on any atom is 0.321 e. The van der Waals surface area contributed by atoms with Crippen molar-refractivity contribution < 1.29 is 14.3 Å². The first-order valence-electron chi connectivity index (χ1n) is 12.0. The van der Waals surface area contributed by atoms with Crippen LogP contribution in [0, 0.1) is 5.82 Å². The van der Waals surface area contributed by atoms with E-state index in [1.165, 1.54) is 6.07 Å². The summed E-state index contributed by atoms with van der Waals surface area (Å²) in [5, 5.41) is 13.2. The molecule has 34 heavy (non-hydrogen) atoms. The number of nitrogens with zero attached hydrogens (tertiary/aromatic N) is 2. The molecule has 0 saturated carbocycles. The summed E-state index contributed by atoms with van der Waals surface area (Å²) in [6.07, 6.45) is 1.92. The van der Waals surface area contributed by atoms with Gasteiger partial charge in [-0.2, -0.15) is 0 Å². The van der Waals surface area contributed by atoms with E-state index in [1.54, 1.807) is 12.1 Å². The highest BCUT2D eigenvalue weighted by atomic mass is 19.1. The second kappa shape index (κ2) is 9.95. The molecule has 0 radical (unpaired) electrons. The molecule has 6 heteroatoms. The van der Waals surface area contributed by atoms with E-state index in [2.05, 4.69) is 10.2 Å². The van der Waals surface area contributed by atoms with Crippen LogP contribution in [-0.2, 0) is 0 Å². The first-order chi connectivity index (χ1) is 16.7. The molecule has 2 heterocycles. The van der Waals surface area contributed by atoms with Gasteiger partial charge in [-0.25, -0.2) is 9.18 Å². The van der Waals surface area contributed by atoms with E-state index < -0.39 is 0 Å². The van der Waals surface area contributed by atoms with Gasteiger partial charge in [-0.3, -0.25) is 4.90 Å². The second-order valence-corrected chi connectivity index (χ2v) is 9.13. The monoisotopic (exact) mass is 459 g/mol. The number of urea groups is 1. The normalized spacial score (nSPS) is 22.8. The Morgan fingerprint density at radius 1 is 0.941 bits per heavy atom. The Morgan fingerprint density at radius 3 is 2.38 bits per heavy atom. The van der Waals surface area contributed by atoms with E-state index in [9.17, 15) is 14.3 Å². The van der Waals surface area contributed by atoms with E-state index >= 15 is 0 Å². The summed E-state index contributed by atoms with van der Waals surface area (Å²) in [7, 11) is 0. The van der Waals surface area contributed by atoms with Crippen LogP contribution in [0.15, 0.2) is 78.9 Å². The van der Waals surface area contributed by atoms with Crippen LogP contribution in [0.25, 0.3) is 11.1 Å². The van der Waals surface area contributed by atoms with Crippen molar-refractivity contribution in [2.24, 2.45) is 0 Å². The van der Waals surface area contributed by atoms with Gasteiger partial charge in [-0.1, -0.05) is 60.7 Å². The quantitative estimate of drug-likeness (QED) is 0.581. The average Bonchev–Trinajstić information content (AvgIpc) is 2.84. The van der Waals surface area contributed by atoms with Gasteiger partial charge >= 0.3 is 6.03 Å². The third-order valence-electron chi connectivity index (χ3n) is 7.16. The predicted molar refractivity (Wildman–Crippen MR) is 132 cm³/mol. The van der Waals surface area contributed by atoms with Gasteiger partial charge in [-0.05, 0) is 48.7 Å². The maximum absolute atomic E-state index is 14.2. The highest BCUT2D eigenvalue weighted by Gasteiger charge is 2.49. The van der Waals surface area contributed by atoms with Gasteiger partial charge in [-0.15, -0.1) is 0 Å². The van der Waals surface area contributed by atoms with Gasteiger partial charge < -0.3 is 15.3 Å². The van der Waals surface area contributed by atoms with E-state index in [1.807, 2.05) is 65.6 Å². The lowest BCUT2D eigenvalue weighted by atomic mass is 9.74. The van der Waals surface area contributed by atoms with Crippen molar-refractivity contribution in [3.8, 4) is 11.1 Å². The molecule has 3 aromatic rings. The molecule has 3 aromatic carbocycles. The number of carbonyl (C=O) groups excluding carboxylic acids is 1. The number of hydrogen-bond donors (Lipinski definition) is 2. The molecule has 2 aliphatic heterocycles. The van der Waals surface area contributed by atoms with Gasteiger partial charge in [0, 0.05) is 42.3 Å². The largest absolute Gasteiger partial charge is 0.395 e. The number of para-hydroxylation sites is 1. The summed E-state index contributed by atoms with van der Waals surface area (Å²) in [5.74, 6) is -0.122. The highest BCUT2D eigenvalue weighted by Crippen LogP contribution is 2.42. The molecule has 0 aromatic heterocycles. The Morgan fingerprint density at radius 2 is 1.65 bits per heavy atom. The Balaban J connectivity index is 1.36. The Kier molecular flexibility index (Phi) is 6.61. The summed E-state index contributed by atoms with van der Waals surface area (Å²) >= 11 is 0. The SMILES string of the molecule is O=C(Nc1ccccc1)N1CCCCN2[C@H](CO)[C@@H](c3ccc(-c4ccccc4F)cc3)[C@H]2C1. The van der Waals surface area contributed by atoms with Crippen molar-refractivity contribution in [1.29, 1.82) is 0 Å². The van der Waals surface area contributed by atoms with Gasteiger partial charge in [0.25, 0.3) is 0 Å². The Hall–Kier alpha value is -3.22. The summed E-state index contributed by atoms with van der Waals surface area (Å²) in [4.78, 5) is 17.3. The number of nitrogens with one attached hydrogen (secondary N) is 1. The zero-order valence-electron chi connectivity index (χ0n) is 19.1. The summed E-state index contributed by atoms with van der Waals surface area (Å²) in [6.45, 7) is 2.32. The van der Waals surface area contributed by atoms with Crippen LogP contribution in [0.4, 0.5) is 14.9 Å². The lowest BCUT2D eigenvalue weighted by Crippen LogP contribution is -2.68. The summed E-state index contributed by atoms with van der Waals surface area (Å²) in [5.41, 5.74) is 3.32. The van der Waals surface area contributed by atoms with Crippen LogP contribution < -0.4 is 5.32 Å². The highest BCUT2D eigenvalue weighted by molar-refractivity contribution is 5.89. The number of hydrogen-bond acceptors (Lipinski definition) is 3. The van der Waals surface area contributed by atoms with Gasteiger partial charge in [0.15, 0.2) is 0 Å². The molecular formula is C28H30FN3O2. The maximum atomic E-state index is 14.2. The van der Waals surface area contributed by atoms with Gasteiger partial charge in [0.1, 0.15) is 5.82 Å². The van der Waals surface area contributed by atoms with Crippen LogP contribution in [-0.4, -0.2) is 59.3 Å². The lowest BCUT2D eigenvalue weighted by molar-refractivity contribution is -0.0585. The van der Waals surface area contributed by atoms with E-state index in [4.69, 9.17) is 0 Å². The minimum Gasteiger partial charge on any atom is -0.395 e. The van der Waals surface area contributed by atoms with Gasteiger partial charge in [0.2, 0.25) is 0 Å². The zero-order chi connectivity index (χ0) is 23.5. The van der Waals surface area contributed by atoms with Gasteiger partial charge in [0.05, 0.1) is 6.61 Å². The molecule has 2 N–H and O–H groups in total. The molecule has 0 aliphatic carbocycles. The number of fused-ring (bicyclic) bond motifs is 1. The molecule has 2 saturated heterocycles. The molecule has 2 fully saturated rings. The third kappa shape index (κ3) is 4.43. The molecule has 0 spiro atoms. The molecule has 5 nitrogen and oxygen atoms in total. The van der Waals surface area contributed by atoms with Crippen molar-refractivity contribution in [3.63, 3.8) is 0 Å². The zero-order valence-corrected chi connectivity index (χ0v) is 19.1. The van der Waals surface area contributed by atoms with Crippen molar-refractivity contribution in [2.45, 2.75) is 30.8 Å². The average molecular weight is 460 g/mol. The number of rotatable bonds is 4. The first kappa shape index (κ1) is 22.6. The predicted octanol–water partition coefficient (Wildman–Crippen LogP) is 4.95. The minimum absolute atomic E-state index is 0.0291. The molecule has 5 rings (SSSR count). The van der Waals surface area contributed by atoms with Crippen LogP contribution in [0.3, 0.4) is 0 Å². The van der Waals surface area contributed by atoms with Crippen molar-refractivity contribution in [1.82, 2.24) is 9.80 Å². The molecule has 176 valence electrons. The first-order valence-corrected chi connectivity index (χ1v) is 12.0. The number of carbonyl (C=O) groups is 1. The van der Waals surface area contributed by atoms with Crippen LogP contribution in [0.5, 0.6) is 0 Å². The van der Waals surface area contributed by atoms with E-state index in [-0.39, 0.29) is 36.5 Å². The standard InChI is InChI=1S/C28H30FN3O2/c29-24-11-5-4-10-23(24)20-12-14-21(15-13-20)27-25-18-31(16-6-7-17-32(25)26(27)19-33)28(34)30-22-8-2-1-3-9-22/h1-5,8-15,25-27,33H,6-7,16-19H2,(H,30,34)/t25-,26-,27+/m1/s1. The van der Waals surface area contributed by atoms with Crippen LogP contribution in [0.1, 0.15) is 24.3 Å². The lowest BCUT2D eigenvalue weighted by Gasteiger charge is -2.57. The molecule has 0 unspecified atom stereocenters. The number of aliphatic hydroxyl groups excluding tert-OH is 1. The molecule has 0 bridgehead atoms. The number of halogens is 1. The van der Waals surface area contributed by atoms with Crippen molar-refractivity contribution in [3.05, 3.63) is 90.2 Å². The minimum atomic E-state index is -0.238. The van der Waals surface area contributed by atoms with Crippen molar-refractivity contribution in [2.75, 3.05) is 31.6 Å². The van der Waals surface area contributed by atoms with E-state index in [0.717, 1.165) is 36.2 Å².